The molecule has 0 atom stereocenters. The molecule has 0 aliphatic carbocycles. The Morgan fingerprint density at radius 1 is 1.50 bits per heavy atom. The standard InChI is InChI=1S/C7H5N2O2S2.C2H.Y/c8-13(10,11)7-9-5-3-1-2-4-6(5)12-7;1-2;/h1,3-4H,(H2,8,10,11);1H;/q2*-1;. The first-order valence-electron chi connectivity index (χ1n) is 3.66. The Labute approximate surface area is 123 Å². The molecule has 0 unspecified atom stereocenters. The maximum atomic E-state index is 10.9. The zero-order valence-electron chi connectivity index (χ0n) is 8.04. The number of hydrogen-bond acceptors (Lipinski definition) is 4. The molecule has 0 bridgehead atoms. The van der Waals surface area contributed by atoms with Gasteiger partial charge in [-0.2, -0.15) is 29.5 Å². The molecule has 0 spiro atoms. The molecule has 0 saturated heterocycles. The van der Waals surface area contributed by atoms with Crippen molar-refractivity contribution in [3.05, 3.63) is 30.7 Å². The molecule has 0 saturated carbocycles. The van der Waals surface area contributed by atoms with Crippen molar-refractivity contribution in [3.8, 4) is 6.42 Å². The number of thiazole rings is 1. The van der Waals surface area contributed by atoms with E-state index in [4.69, 9.17) is 11.6 Å². The monoisotopic (exact) mass is 327 g/mol. The van der Waals surface area contributed by atoms with Gasteiger partial charge in [0.15, 0.2) is 0 Å². The van der Waals surface area contributed by atoms with E-state index in [9.17, 15) is 8.42 Å². The fraction of sp³-hybridized carbons (Fsp3) is 0. The van der Waals surface area contributed by atoms with Crippen molar-refractivity contribution in [2.45, 2.75) is 4.34 Å². The summed E-state index contributed by atoms with van der Waals surface area (Å²) in [5.74, 6) is 0. The summed E-state index contributed by atoms with van der Waals surface area (Å²) < 4.78 is 22.6. The minimum Gasteiger partial charge on any atom is -0.697 e. The predicted molar refractivity (Wildman–Crippen MR) is 58.0 cm³/mol. The molecule has 1 heterocycles. The van der Waals surface area contributed by atoms with Gasteiger partial charge in [-0.1, -0.05) is 4.70 Å². The Hall–Kier alpha value is -0.316. The van der Waals surface area contributed by atoms with Crippen LogP contribution in [0.1, 0.15) is 0 Å². The molecule has 4 nitrogen and oxygen atoms in total. The third-order valence-electron chi connectivity index (χ3n) is 1.46. The van der Waals surface area contributed by atoms with Crippen LogP contribution in [-0.2, 0) is 42.7 Å². The van der Waals surface area contributed by atoms with Crippen molar-refractivity contribution in [2.24, 2.45) is 5.14 Å². The van der Waals surface area contributed by atoms with E-state index in [1.165, 1.54) is 0 Å². The van der Waals surface area contributed by atoms with Gasteiger partial charge in [0.2, 0.25) is 4.34 Å². The van der Waals surface area contributed by atoms with Crippen molar-refractivity contribution in [1.29, 1.82) is 0 Å². The van der Waals surface area contributed by atoms with Gasteiger partial charge in [-0.15, -0.1) is 6.07 Å². The molecule has 2 rings (SSSR count). The van der Waals surface area contributed by atoms with Crippen molar-refractivity contribution in [1.82, 2.24) is 4.98 Å². The van der Waals surface area contributed by atoms with Crippen LogP contribution in [-0.4, -0.2) is 13.4 Å². The molecule has 2 aromatic rings. The van der Waals surface area contributed by atoms with Gasteiger partial charge >= 0.3 is 0 Å². The molecule has 0 amide bonds. The molecule has 81 valence electrons. The molecule has 16 heavy (non-hydrogen) atoms. The minimum atomic E-state index is -3.67. The fourth-order valence-electron chi connectivity index (χ4n) is 0.918. The second kappa shape index (κ2) is 6.43. The van der Waals surface area contributed by atoms with Gasteiger partial charge in [0.05, 0.1) is 0 Å². The summed E-state index contributed by atoms with van der Waals surface area (Å²) >= 11 is 1.05. The Balaban J connectivity index is 0.000000711. The molecular weight excluding hydrogens is 321 g/mol. The number of aromatic nitrogens is 1. The van der Waals surface area contributed by atoms with Crippen molar-refractivity contribution in [3.63, 3.8) is 0 Å². The molecule has 1 aromatic heterocycles. The number of benzene rings is 1. The summed E-state index contributed by atoms with van der Waals surface area (Å²) in [6.07, 6.45) is 9.00. The fourth-order valence-corrected chi connectivity index (χ4v) is 2.55. The first-order chi connectivity index (χ1) is 7.07. The number of primary sulfonamides is 1. The van der Waals surface area contributed by atoms with E-state index < -0.39 is 10.0 Å². The van der Waals surface area contributed by atoms with Gasteiger partial charge in [0.25, 0.3) is 10.0 Å². The van der Waals surface area contributed by atoms with E-state index in [2.05, 4.69) is 17.5 Å². The van der Waals surface area contributed by atoms with Gasteiger partial charge in [-0.25, -0.2) is 13.6 Å². The van der Waals surface area contributed by atoms with E-state index in [1.807, 2.05) is 0 Å². The summed E-state index contributed by atoms with van der Waals surface area (Å²) in [4.78, 5) is 3.87. The average Bonchev–Trinajstić information content (AvgIpc) is 2.63. The van der Waals surface area contributed by atoms with Crippen LogP contribution in [0.15, 0.2) is 22.5 Å². The van der Waals surface area contributed by atoms with Crippen LogP contribution in [0.4, 0.5) is 0 Å². The number of nitrogens with zero attached hydrogens (tertiary/aromatic N) is 1. The summed E-state index contributed by atoms with van der Waals surface area (Å²) in [5, 5.41) is 4.93. The Kier molecular flexibility index (Phi) is 6.30. The quantitative estimate of drug-likeness (QED) is 0.626. The van der Waals surface area contributed by atoms with Crippen LogP contribution in [0.3, 0.4) is 0 Å². The van der Waals surface area contributed by atoms with Gasteiger partial charge in [0.1, 0.15) is 0 Å². The molecule has 0 aliphatic rings. The van der Waals surface area contributed by atoms with Crippen LogP contribution in [0, 0.1) is 18.9 Å². The van der Waals surface area contributed by atoms with E-state index in [0.29, 0.717) is 5.52 Å². The van der Waals surface area contributed by atoms with Gasteiger partial charge in [-0.3, -0.25) is 4.98 Å². The molecule has 0 aliphatic heterocycles. The zero-order valence-corrected chi connectivity index (χ0v) is 12.5. The van der Waals surface area contributed by atoms with Gasteiger partial charge in [-0.05, 0) is 5.52 Å². The number of terminal acetylenes is 1. The third-order valence-corrected chi connectivity index (χ3v) is 3.79. The number of fused-ring (bicyclic) bond motifs is 1. The van der Waals surface area contributed by atoms with Gasteiger partial charge in [0, 0.05) is 32.7 Å². The summed E-state index contributed by atoms with van der Waals surface area (Å²) in [6.45, 7) is 0. The predicted octanol–water partition coefficient (Wildman–Crippen LogP) is 0.947. The van der Waals surface area contributed by atoms with Crippen LogP contribution in [0.25, 0.3) is 10.2 Å². The molecule has 2 N–H and O–H groups in total. The third kappa shape index (κ3) is 3.61. The summed E-state index contributed by atoms with van der Waals surface area (Å²) in [7, 11) is -3.67. The van der Waals surface area contributed by atoms with Crippen LogP contribution in [0.5, 0.6) is 0 Å². The first-order valence-corrected chi connectivity index (χ1v) is 6.02. The molecule has 1 radical (unpaired) electrons. The topological polar surface area (TPSA) is 73.1 Å². The largest absolute Gasteiger partial charge is 0.697 e. The van der Waals surface area contributed by atoms with Crippen molar-refractivity contribution in [2.75, 3.05) is 0 Å². The average molecular weight is 327 g/mol. The van der Waals surface area contributed by atoms with E-state index in [0.717, 1.165) is 16.0 Å². The van der Waals surface area contributed by atoms with E-state index >= 15 is 0 Å². The smallest absolute Gasteiger partial charge is 0.264 e. The Bertz CT molecular complexity index is 557. The van der Waals surface area contributed by atoms with E-state index in [1.54, 1.807) is 18.2 Å². The molecule has 7 heteroatoms. The molecule has 1 aromatic carbocycles. The first kappa shape index (κ1) is 15.7. The Morgan fingerprint density at radius 2 is 2.12 bits per heavy atom. The zero-order chi connectivity index (χ0) is 11.5. The van der Waals surface area contributed by atoms with Crippen LogP contribution < -0.4 is 5.14 Å². The minimum absolute atomic E-state index is 0. The maximum absolute atomic E-state index is 10.9. The second-order valence-corrected chi connectivity index (χ2v) is 5.18. The summed E-state index contributed by atoms with van der Waals surface area (Å²) in [6, 6.07) is 7.89. The number of hydrogen-bond donors (Lipinski definition) is 1. The number of sulfonamides is 1. The second-order valence-electron chi connectivity index (χ2n) is 2.42. The molecule has 0 fully saturated rings. The number of rotatable bonds is 1. The maximum Gasteiger partial charge on any atom is 0.264 e. The SMILES string of the molecule is NS(=O)(=O)c1nc2cc[c-]cc2s1.[C-]#C.[Y]. The molecular formula is C9H6N2O2S2Y-2. The number of nitrogens with two attached hydrogens (primary N) is 1. The van der Waals surface area contributed by atoms with E-state index in [-0.39, 0.29) is 37.0 Å². The van der Waals surface area contributed by atoms with Gasteiger partial charge < -0.3 is 12.8 Å². The van der Waals surface area contributed by atoms with Crippen LogP contribution in [0.2, 0.25) is 0 Å². The van der Waals surface area contributed by atoms with Crippen molar-refractivity contribution < 1.29 is 41.1 Å². The Morgan fingerprint density at radius 3 is 2.62 bits per heavy atom. The normalized spacial score (nSPS) is 9.94. The summed E-state index contributed by atoms with van der Waals surface area (Å²) in [5.41, 5.74) is 0.632. The van der Waals surface area contributed by atoms with Crippen molar-refractivity contribution >= 4 is 31.6 Å². The van der Waals surface area contributed by atoms with Crippen LogP contribution >= 0.6 is 11.3 Å².